The first-order valence-electron chi connectivity index (χ1n) is 11.3. The Morgan fingerprint density at radius 3 is 2.55 bits per heavy atom. The summed E-state index contributed by atoms with van der Waals surface area (Å²) < 4.78 is 40.0. The molecule has 1 amide bonds. The van der Waals surface area contributed by atoms with Crippen molar-refractivity contribution in [3.05, 3.63) is 36.2 Å². The fraction of sp³-hybridized carbons (Fsp3) is 0.522. The number of hydrogen-bond donors (Lipinski definition) is 2. The van der Waals surface area contributed by atoms with Gasteiger partial charge in [0.25, 0.3) is 0 Å². The Hall–Kier alpha value is -3.17. The molecule has 0 radical (unpaired) electrons. The van der Waals surface area contributed by atoms with Crippen molar-refractivity contribution in [3.63, 3.8) is 0 Å². The van der Waals surface area contributed by atoms with Gasteiger partial charge in [0.05, 0.1) is 17.5 Å². The molecule has 2 aromatic rings. The Bertz CT molecular complexity index is 936. The molecule has 8 nitrogen and oxygen atoms in total. The zero-order chi connectivity index (χ0) is 23.8. The van der Waals surface area contributed by atoms with Crippen LogP contribution < -0.4 is 15.4 Å². The van der Waals surface area contributed by atoms with Gasteiger partial charge in [0.15, 0.2) is 0 Å². The Balaban J connectivity index is 1.57. The predicted octanol–water partition coefficient (Wildman–Crippen LogP) is 5.10. The highest BCUT2D eigenvalue weighted by atomic mass is 19.1. The molecular weight excluding hydrogens is 432 g/mol. The molecule has 1 aromatic heterocycles. The van der Waals surface area contributed by atoms with E-state index in [0.29, 0.717) is 38.4 Å². The highest BCUT2D eigenvalue weighted by Gasteiger charge is 2.25. The van der Waals surface area contributed by atoms with Gasteiger partial charge in [0, 0.05) is 50.7 Å². The quantitative estimate of drug-likeness (QED) is 0.500. The van der Waals surface area contributed by atoms with Gasteiger partial charge in [-0.1, -0.05) is 13.3 Å². The molecule has 180 valence electrons. The van der Waals surface area contributed by atoms with E-state index in [1.165, 1.54) is 12.4 Å². The second-order valence-electron chi connectivity index (χ2n) is 8.20. The Morgan fingerprint density at radius 2 is 1.85 bits per heavy atom. The number of anilines is 3. The van der Waals surface area contributed by atoms with Gasteiger partial charge in [-0.25, -0.2) is 23.5 Å². The lowest BCUT2D eigenvalue weighted by molar-refractivity contribution is 0.0507. The van der Waals surface area contributed by atoms with Crippen molar-refractivity contribution in [2.45, 2.75) is 58.7 Å². The average Bonchev–Trinajstić information content (AvgIpc) is 2.77. The molecule has 2 N–H and O–H groups in total. The van der Waals surface area contributed by atoms with Crippen LogP contribution in [0.15, 0.2) is 24.5 Å². The van der Waals surface area contributed by atoms with Crippen LogP contribution in [0.3, 0.4) is 0 Å². The lowest BCUT2D eigenvalue weighted by Gasteiger charge is -2.31. The maximum Gasteiger partial charge on any atom is 0.410 e. The average molecular weight is 464 g/mol. The normalized spacial score (nSPS) is 14.3. The molecule has 0 unspecified atom stereocenters. The number of nitrogens with one attached hydrogen (secondary N) is 2. The fourth-order valence-electron chi connectivity index (χ4n) is 3.39. The molecule has 0 atom stereocenters. The molecule has 10 heteroatoms. The van der Waals surface area contributed by atoms with Crippen molar-refractivity contribution in [2.24, 2.45) is 0 Å². The summed E-state index contributed by atoms with van der Waals surface area (Å²) in [6.45, 7) is 7.27. The Morgan fingerprint density at radius 1 is 1.15 bits per heavy atom. The number of piperidine rings is 1. The molecule has 2 heterocycles. The molecule has 0 aliphatic carbocycles. The highest BCUT2D eigenvalue weighted by Crippen LogP contribution is 2.27. The zero-order valence-electron chi connectivity index (χ0n) is 19.2. The standard InChI is InChI=1S/C23H31F2N5O3/c1-4-5-8-26-19-11-18(25)20(12-17(19)24)29-21-13-22(28-14-27-21)33-16-6-9-30(10-7-16)23(31)32-15(2)3/h11-16,26H,4-10H2,1-3H3,(H,27,28,29). The van der Waals surface area contributed by atoms with E-state index in [2.05, 4.69) is 20.6 Å². The molecule has 1 saturated heterocycles. The lowest BCUT2D eigenvalue weighted by Crippen LogP contribution is -2.42. The van der Waals surface area contributed by atoms with E-state index >= 15 is 0 Å². The van der Waals surface area contributed by atoms with E-state index in [4.69, 9.17) is 9.47 Å². The summed E-state index contributed by atoms with van der Waals surface area (Å²) in [4.78, 5) is 21.8. The lowest BCUT2D eigenvalue weighted by atomic mass is 10.1. The van der Waals surface area contributed by atoms with Gasteiger partial charge >= 0.3 is 6.09 Å². The summed E-state index contributed by atoms with van der Waals surface area (Å²) in [6, 6.07) is 3.76. The number of nitrogens with zero attached hydrogens (tertiary/aromatic N) is 3. The van der Waals surface area contributed by atoms with Crippen LogP contribution in [-0.4, -0.2) is 52.8 Å². The SMILES string of the molecule is CCCCNc1cc(F)c(Nc2cc(OC3CCN(C(=O)OC(C)C)CC3)ncn2)cc1F. The number of likely N-dealkylation sites (tertiary alicyclic amines) is 1. The monoisotopic (exact) mass is 463 g/mol. The maximum absolute atomic E-state index is 14.5. The third-order valence-corrected chi connectivity index (χ3v) is 5.13. The van der Waals surface area contributed by atoms with E-state index in [1.54, 1.807) is 4.90 Å². The molecule has 1 aliphatic heterocycles. The highest BCUT2D eigenvalue weighted by molar-refractivity contribution is 5.68. The number of carbonyl (C=O) groups excluding carboxylic acids is 1. The summed E-state index contributed by atoms with van der Waals surface area (Å²) in [5.41, 5.74) is 0.0944. The van der Waals surface area contributed by atoms with Crippen molar-refractivity contribution < 1.29 is 23.0 Å². The molecule has 0 spiro atoms. The number of aromatic nitrogens is 2. The topological polar surface area (TPSA) is 88.6 Å². The second-order valence-corrected chi connectivity index (χ2v) is 8.20. The Kier molecular flexibility index (Phi) is 8.62. The van der Waals surface area contributed by atoms with Crippen molar-refractivity contribution >= 4 is 23.3 Å². The third kappa shape index (κ3) is 7.16. The molecule has 0 saturated carbocycles. The minimum Gasteiger partial charge on any atom is -0.474 e. The van der Waals surface area contributed by atoms with Crippen molar-refractivity contribution in [2.75, 3.05) is 30.3 Å². The van der Waals surface area contributed by atoms with Crippen LogP contribution in [0.25, 0.3) is 0 Å². The molecule has 33 heavy (non-hydrogen) atoms. The predicted molar refractivity (Wildman–Crippen MR) is 122 cm³/mol. The zero-order valence-corrected chi connectivity index (χ0v) is 19.2. The summed E-state index contributed by atoms with van der Waals surface area (Å²) in [7, 11) is 0. The van der Waals surface area contributed by atoms with Gasteiger partial charge in [-0.3, -0.25) is 0 Å². The van der Waals surface area contributed by atoms with Crippen molar-refractivity contribution in [3.8, 4) is 5.88 Å². The van der Waals surface area contributed by atoms with Crippen molar-refractivity contribution in [1.82, 2.24) is 14.9 Å². The first-order valence-corrected chi connectivity index (χ1v) is 11.3. The summed E-state index contributed by atoms with van der Waals surface area (Å²) in [5, 5.41) is 5.68. The van der Waals surface area contributed by atoms with Crippen molar-refractivity contribution in [1.29, 1.82) is 0 Å². The van der Waals surface area contributed by atoms with Gasteiger partial charge in [-0.15, -0.1) is 0 Å². The number of amides is 1. The fourth-order valence-corrected chi connectivity index (χ4v) is 3.39. The largest absolute Gasteiger partial charge is 0.474 e. The van der Waals surface area contributed by atoms with Crippen LogP contribution in [-0.2, 0) is 4.74 Å². The number of unbranched alkanes of at least 4 members (excludes halogenated alkanes) is 1. The number of hydrogen-bond acceptors (Lipinski definition) is 7. The number of rotatable bonds is 9. The van der Waals surface area contributed by atoms with Gasteiger partial charge < -0.3 is 25.0 Å². The first-order chi connectivity index (χ1) is 15.9. The maximum atomic E-state index is 14.5. The smallest absolute Gasteiger partial charge is 0.410 e. The van der Waals surface area contributed by atoms with Crippen LogP contribution in [0.5, 0.6) is 5.88 Å². The molecule has 1 aliphatic rings. The number of ether oxygens (including phenoxy) is 2. The molecule has 1 aromatic carbocycles. The van der Waals surface area contributed by atoms with E-state index in [9.17, 15) is 13.6 Å². The first kappa shape index (κ1) is 24.5. The number of carbonyl (C=O) groups is 1. The number of halogens is 2. The van der Waals surface area contributed by atoms with E-state index in [1.807, 2.05) is 20.8 Å². The third-order valence-electron chi connectivity index (χ3n) is 5.13. The van der Waals surface area contributed by atoms with Crippen LogP contribution in [0.2, 0.25) is 0 Å². The van der Waals surface area contributed by atoms with E-state index < -0.39 is 11.6 Å². The second kappa shape index (κ2) is 11.6. The molecule has 0 bridgehead atoms. The molecular formula is C23H31F2N5O3. The van der Waals surface area contributed by atoms with Crippen LogP contribution in [0.1, 0.15) is 46.5 Å². The van der Waals surface area contributed by atoms with Crippen LogP contribution in [0, 0.1) is 11.6 Å². The minimum atomic E-state index is -0.600. The van der Waals surface area contributed by atoms with Gasteiger partial charge in [0.2, 0.25) is 5.88 Å². The van der Waals surface area contributed by atoms with Gasteiger partial charge in [-0.2, -0.15) is 0 Å². The number of benzene rings is 1. The minimum absolute atomic E-state index is 0.0323. The molecule has 3 rings (SSSR count). The summed E-state index contributed by atoms with van der Waals surface area (Å²) in [6.07, 6.45) is 3.77. The Labute approximate surface area is 192 Å². The van der Waals surface area contributed by atoms with Crippen LogP contribution >= 0.6 is 0 Å². The summed E-state index contributed by atoms with van der Waals surface area (Å²) in [5.74, 6) is -0.558. The molecule has 1 fully saturated rings. The van der Waals surface area contributed by atoms with E-state index in [0.717, 1.165) is 25.0 Å². The van der Waals surface area contributed by atoms with Gasteiger partial charge in [0.1, 0.15) is 29.9 Å². The van der Waals surface area contributed by atoms with Gasteiger partial charge in [-0.05, 0) is 20.3 Å². The van der Waals surface area contributed by atoms with E-state index in [-0.39, 0.29) is 35.5 Å². The summed E-state index contributed by atoms with van der Waals surface area (Å²) >= 11 is 0. The van der Waals surface area contributed by atoms with Crippen LogP contribution in [0.4, 0.5) is 30.8 Å².